The number of aromatic nitrogens is 1. The Labute approximate surface area is 156 Å². The van der Waals surface area contributed by atoms with Gasteiger partial charge in [0, 0.05) is 23.6 Å². The monoisotopic (exact) mass is 393 g/mol. The number of anilines is 2. The van der Waals surface area contributed by atoms with E-state index in [2.05, 4.69) is 10.3 Å². The van der Waals surface area contributed by atoms with Crippen LogP contribution in [0.25, 0.3) is 0 Å². The van der Waals surface area contributed by atoms with Gasteiger partial charge in [-0.3, -0.25) is 9.10 Å². The van der Waals surface area contributed by atoms with Crippen LogP contribution in [0.4, 0.5) is 11.4 Å². The van der Waals surface area contributed by atoms with E-state index < -0.39 is 20.7 Å². The predicted molar refractivity (Wildman–Crippen MR) is 98.0 cm³/mol. The van der Waals surface area contributed by atoms with Crippen molar-refractivity contribution in [1.82, 2.24) is 4.98 Å². The molecule has 1 aliphatic carbocycles. The van der Waals surface area contributed by atoms with Crippen LogP contribution in [0.15, 0.2) is 42.6 Å². The van der Waals surface area contributed by atoms with Gasteiger partial charge >= 0.3 is 0 Å². The number of nitrogens with zero attached hydrogens (tertiary/aromatic N) is 2. The predicted octanol–water partition coefficient (Wildman–Crippen LogP) is 2.29. The molecule has 7 nitrogen and oxygen atoms in total. The average Bonchev–Trinajstić information content (AvgIpc) is 3.32. The van der Waals surface area contributed by atoms with Gasteiger partial charge in [-0.2, -0.15) is 0 Å². The van der Waals surface area contributed by atoms with E-state index in [4.69, 9.17) is 16.3 Å². The van der Waals surface area contributed by atoms with Crippen LogP contribution in [0.5, 0.6) is 5.88 Å². The van der Waals surface area contributed by atoms with Crippen molar-refractivity contribution in [1.29, 1.82) is 0 Å². The molecule has 2 heterocycles. The molecule has 0 spiro atoms. The van der Waals surface area contributed by atoms with Gasteiger partial charge in [0.25, 0.3) is 0 Å². The van der Waals surface area contributed by atoms with Gasteiger partial charge < -0.3 is 10.1 Å². The molecular formula is C17H16ClN3O4S. The van der Waals surface area contributed by atoms with Crippen LogP contribution in [-0.2, 0) is 14.8 Å². The van der Waals surface area contributed by atoms with Crippen LogP contribution in [0.2, 0.25) is 5.02 Å². The van der Waals surface area contributed by atoms with Crippen LogP contribution >= 0.6 is 11.6 Å². The normalized spacial score (nSPS) is 25.5. The highest BCUT2D eigenvalue weighted by Gasteiger charge is 2.75. The molecule has 1 aromatic heterocycles. The molecule has 2 atom stereocenters. The fourth-order valence-corrected chi connectivity index (χ4v) is 5.88. The second-order valence-electron chi connectivity index (χ2n) is 6.35. The number of nitrogens with one attached hydrogen (secondary N) is 1. The maximum atomic E-state index is 13.1. The third kappa shape index (κ3) is 2.44. The van der Waals surface area contributed by atoms with Gasteiger partial charge in [-0.05, 0) is 36.8 Å². The fraction of sp³-hybridized carbons (Fsp3) is 0.294. The molecular weight excluding hydrogens is 378 g/mol. The van der Waals surface area contributed by atoms with Crippen molar-refractivity contribution in [3.8, 4) is 5.88 Å². The summed E-state index contributed by atoms with van der Waals surface area (Å²) in [7, 11) is -2.33. The molecule has 2 aliphatic rings. The maximum absolute atomic E-state index is 13.1. The van der Waals surface area contributed by atoms with Crippen LogP contribution in [0.1, 0.15) is 6.42 Å². The summed E-state index contributed by atoms with van der Waals surface area (Å²) in [6, 6.07) is 9.77. The number of fused-ring (bicyclic) bond motifs is 1. The molecule has 0 radical (unpaired) electrons. The van der Waals surface area contributed by atoms with Crippen molar-refractivity contribution in [2.24, 2.45) is 5.92 Å². The van der Waals surface area contributed by atoms with Gasteiger partial charge in [-0.1, -0.05) is 11.6 Å². The lowest BCUT2D eigenvalue weighted by molar-refractivity contribution is -0.116. The quantitative estimate of drug-likeness (QED) is 0.860. The lowest BCUT2D eigenvalue weighted by Crippen LogP contribution is -2.42. The summed E-state index contributed by atoms with van der Waals surface area (Å²) >= 11 is 5.87. The molecule has 1 N–H and O–H groups in total. The average molecular weight is 394 g/mol. The van der Waals surface area contributed by atoms with E-state index in [1.165, 1.54) is 17.6 Å². The molecule has 2 fully saturated rings. The Morgan fingerprint density at radius 2 is 2.04 bits per heavy atom. The highest BCUT2D eigenvalue weighted by atomic mass is 35.5. The van der Waals surface area contributed by atoms with Gasteiger partial charge in [0.2, 0.25) is 21.8 Å². The largest absolute Gasteiger partial charge is 0.481 e. The molecule has 9 heteroatoms. The summed E-state index contributed by atoms with van der Waals surface area (Å²) in [5.74, 6) is -0.340. The first kappa shape index (κ1) is 17.1. The number of amides is 1. The molecule has 136 valence electrons. The molecule has 1 saturated carbocycles. The molecule has 1 aliphatic heterocycles. The Morgan fingerprint density at radius 1 is 1.31 bits per heavy atom. The van der Waals surface area contributed by atoms with Gasteiger partial charge in [-0.15, -0.1) is 0 Å². The fourth-order valence-electron chi connectivity index (χ4n) is 3.39. The molecule has 2 aromatic rings. The zero-order valence-electron chi connectivity index (χ0n) is 13.8. The first-order chi connectivity index (χ1) is 12.4. The number of sulfonamides is 1. The lowest BCUT2D eigenvalue weighted by Gasteiger charge is -2.23. The van der Waals surface area contributed by atoms with Gasteiger partial charge in [-0.25, -0.2) is 13.4 Å². The number of carbonyl (C=O) groups is 1. The van der Waals surface area contributed by atoms with Crippen LogP contribution in [0.3, 0.4) is 0 Å². The molecule has 1 amide bonds. The number of carbonyl (C=O) groups excluding carboxylic acids is 1. The number of pyridine rings is 1. The minimum atomic E-state index is -3.82. The summed E-state index contributed by atoms with van der Waals surface area (Å²) in [5.41, 5.74) is 0.941. The number of ether oxygens (including phenoxy) is 1. The zero-order chi connectivity index (χ0) is 18.5. The van der Waals surface area contributed by atoms with Crippen molar-refractivity contribution in [2.75, 3.05) is 23.3 Å². The third-order valence-electron chi connectivity index (χ3n) is 4.89. The van der Waals surface area contributed by atoms with E-state index in [0.29, 0.717) is 28.7 Å². The summed E-state index contributed by atoms with van der Waals surface area (Å²) in [5, 5.41) is 3.19. The first-order valence-corrected chi connectivity index (χ1v) is 9.79. The summed E-state index contributed by atoms with van der Waals surface area (Å²) in [4.78, 5) is 16.8. The molecule has 2 unspecified atom stereocenters. The van der Waals surface area contributed by atoms with E-state index in [9.17, 15) is 13.2 Å². The molecule has 1 aromatic carbocycles. The van der Waals surface area contributed by atoms with Crippen molar-refractivity contribution in [3.05, 3.63) is 47.6 Å². The Bertz CT molecular complexity index is 963. The van der Waals surface area contributed by atoms with E-state index in [1.54, 1.807) is 36.4 Å². The van der Waals surface area contributed by atoms with Crippen molar-refractivity contribution < 1.29 is 17.9 Å². The summed E-state index contributed by atoms with van der Waals surface area (Å²) in [6.07, 6.45) is 1.76. The second-order valence-corrected chi connectivity index (χ2v) is 8.90. The highest BCUT2D eigenvalue weighted by Crippen LogP contribution is 2.58. The third-order valence-corrected chi connectivity index (χ3v) is 7.69. The lowest BCUT2D eigenvalue weighted by atomic mass is 10.2. The SMILES string of the molecule is COc1ccc(NC(=O)C23CC2CN(c2ccc(Cl)cc2)S3(=O)=O)cn1. The van der Waals surface area contributed by atoms with Crippen LogP contribution < -0.4 is 14.4 Å². The van der Waals surface area contributed by atoms with E-state index in [0.717, 1.165) is 0 Å². The number of benzene rings is 1. The Kier molecular flexibility index (Phi) is 3.85. The smallest absolute Gasteiger partial charge is 0.250 e. The standard InChI is InChI=1S/C17H16ClN3O4S/c1-25-15-7-4-13(9-19-15)20-16(22)17-8-11(17)10-21(26(17,23)24)14-5-2-12(18)3-6-14/h2-7,9,11H,8,10H2,1H3,(H,20,22). The van der Waals surface area contributed by atoms with Gasteiger partial charge in [0.15, 0.2) is 4.75 Å². The number of hydrogen-bond acceptors (Lipinski definition) is 5. The number of halogens is 1. The van der Waals surface area contributed by atoms with Gasteiger partial charge in [0.1, 0.15) is 0 Å². The van der Waals surface area contributed by atoms with Crippen molar-refractivity contribution in [3.63, 3.8) is 0 Å². The molecule has 0 bridgehead atoms. The van der Waals surface area contributed by atoms with Crippen LogP contribution in [-0.4, -0.2) is 37.7 Å². The Hall–Kier alpha value is -2.32. The topological polar surface area (TPSA) is 88.6 Å². The first-order valence-electron chi connectivity index (χ1n) is 7.98. The summed E-state index contributed by atoms with van der Waals surface area (Å²) < 4.78 is 31.0. The second kappa shape index (κ2) is 5.85. The highest BCUT2D eigenvalue weighted by molar-refractivity contribution is 7.95. The minimum absolute atomic E-state index is 0.227. The Morgan fingerprint density at radius 3 is 2.65 bits per heavy atom. The van der Waals surface area contributed by atoms with E-state index >= 15 is 0 Å². The summed E-state index contributed by atoms with van der Waals surface area (Å²) in [6.45, 7) is 0.290. The molecule has 4 rings (SSSR count). The number of methoxy groups -OCH3 is 1. The Balaban J connectivity index is 1.58. The van der Waals surface area contributed by atoms with Gasteiger partial charge in [0.05, 0.1) is 24.7 Å². The van der Waals surface area contributed by atoms with E-state index in [1.807, 2.05) is 0 Å². The molecule has 1 saturated heterocycles. The van der Waals surface area contributed by atoms with Crippen molar-refractivity contribution in [2.45, 2.75) is 11.2 Å². The van der Waals surface area contributed by atoms with Crippen molar-refractivity contribution >= 4 is 38.9 Å². The maximum Gasteiger partial charge on any atom is 0.250 e. The van der Waals surface area contributed by atoms with Crippen LogP contribution in [0, 0.1) is 5.92 Å². The molecule has 26 heavy (non-hydrogen) atoms. The minimum Gasteiger partial charge on any atom is -0.481 e. The zero-order valence-corrected chi connectivity index (χ0v) is 15.4. The number of rotatable bonds is 4. The van der Waals surface area contributed by atoms with E-state index in [-0.39, 0.29) is 12.5 Å². The number of hydrogen-bond donors (Lipinski definition) is 1.